The van der Waals surface area contributed by atoms with Crippen LogP contribution >= 0.6 is 23.2 Å². The van der Waals surface area contributed by atoms with E-state index in [1.165, 1.54) is 18.3 Å². The quantitative estimate of drug-likeness (QED) is 0.675. The largest absolute Gasteiger partial charge is 0.480 e. The Kier molecular flexibility index (Phi) is 5.75. The molecule has 0 spiro atoms. The third-order valence-corrected chi connectivity index (χ3v) is 4.18. The fraction of sp³-hybridized carbons (Fsp3) is 0.111. The molecule has 0 fully saturated rings. The summed E-state index contributed by atoms with van der Waals surface area (Å²) in [6.45, 7) is 0.293. The van der Waals surface area contributed by atoms with Crippen LogP contribution in [-0.2, 0) is 11.3 Å². The van der Waals surface area contributed by atoms with E-state index in [4.69, 9.17) is 27.9 Å². The number of aromatic nitrogens is 2. The van der Waals surface area contributed by atoms with Gasteiger partial charge in [-0.2, -0.15) is 5.10 Å². The number of hydrogen-bond donors (Lipinski definition) is 1. The maximum atomic E-state index is 12.9. The molecule has 3 rings (SSSR count). The first-order valence-corrected chi connectivity index (χ1v) is 8.40. The summed E-state index contributed by atoms with van der Waals surface area (Å²) < 4.78 is 20.0. The molecule has 0 radical (unpaired) electrons. The van der Waals surface area contributed by atoms with E-state index in [-0.39, 0.29) is 18.3 Å². The van der Waals surface area contributed by atoms with Gasteiger partial charge in [0.25, 0.3) is 5.91 Å². The summed E-state index contributed by atoms with van der Waals surface area (Å²) in [7, 11) is 0. The molecule has 1 aromatic heterocycles. The van der Waals surface area contributed by atoms with Crippen LogP contribution in [0.1, 0.15) is 5.56 Å². The van der Waals surface area contributed by atoms with Gasteiger partial charge in [-0.15, -0.1) is 0 Å². The van der Waals surface area contributed by atoms with Crippen LogP contribution in [0.2, 0.25) is 10.0 Å². The van der Waals surface area contributed by atoms with Gasteiger partial charge >= 0.3 is 0 Å². The smallest absolute Gasteiger partial charge is 0.262 e. The van der Waals surface area contributed by atoms with Gasteiger partial charge < -0.3 is 10.1 Å². The number of hydrogen-bond acceptors (Lipinski definition) is 3. The Morgan fingerprint density at radius 3 is 2.65 bits per heavy atom. The van der Waals surface area contributed by atoms with Gasteiger partial charge in [0.1, 0.15) is 5.82 Å². The summed E-state index contributed by atoms with van der Waals surface area (Å²) in [6.07, 6.45) is 3.17. The molecule has 0 saturated heterocycles. The topological polar surface area (TPSA) is 56.1 Å². The molecule has 8 heteroatoms. The normalized spacial score (nSPS) is 10.6. The highest BCUT2D eigenvalue weighted by Gasteiger charge is 2.07. The Balaban J connectivity index is 1.51. The van der Waals surface area contributed by atoms with Crippen molar-refractivity contribution in [2.75, 3.05) is 11.9 Å². The number of amides is 1. The summed E-state index contributed by atoms with van der Waals surface area (Å²) in [4.78, 5) is 11.9. The Hall–Kier alpha value is -2.57. The molecule has 0 unspecified atom stereocenters. The molecule has 0 aliphatic carbocycles. The van der Waals surface area contributed by atoms with Crippen LogP contribution < -0.4 is 10.1 Å². The lowest BCUT2D eigenvalue weighted by molar-refractivity contribution is -0.118. The molecule has 5 nitrogen and oxygen atoms in total. The third-order valence-electron chi connectivity index (χ3n) is 3.44. The zero-order valence-corrected chi connectivity index (χ0v) is 15.0. The highest BCUT2D eigenvalue weighted by Crippen LogP contribution is 2.25. The van der Waals surface area contributed by atoms with Crippen LogP contribution in [0.3, 0.4) is 0 Å². The number of carbonyl (C=O) groups is 1. The molecule has 1 N–H and O–H groups in total. The standard InChI is InChI=1S/C18H14Cl2FN3O2/c19-16-6-5-14(7-17(16)20)23-18(25)11-26-15-8-22-24(10-15)9-12-1-3-13(21)4-2-12/h1-8,10H,9,11H2,(H,23,25). The zero-order valence-electron chi connectivity index (χ0n) is 13.5. The molecule has 3 aromatic rings. The predicted octanol–water partition coefficient (Wildman–Crippen LogP) is 4.39. The molecule has 0 atom stereocenters. The van der Waals surface area contributed by atoms with E-state index in [1.807, 2.05) is 0 Å². The van der Waals surface area contributed by atoms with Gasteiger partial charge in [-0.1, -0.05) is 35.3 Å². The minimum absolute atomic E-state index is 0.178. The number of rotatable bonds is 6. The SMILES string of the molecule is O=C(COc1cnn(Cc2ccc(F)cc2)c1)Nc1ccc(Cl)c(Cl)c1. The number of ether oxygens (including phenoxy) is 1. The van der Waals surface area contributed by atoms with Crippen molar-refractivity contribution in [2.45, 2.75) is 6.54 Å². The summed E-state index contributed by atoms with van der Waals surface area (Å²) in [6, 6.07) is 11.0. The highest BCUT2D eigenvalue weighted by atomic mass is 35.5. The van der Waals surface area contributed by atoms with Crippen molar-refractivity contribution in [1.82, 2.24) is 9.78 Å². The fourth-order valence-electron chi connectivity index (χ4n) is 2.20. The van der Waals surface area contributed by atoms with Crippen molar-refractivity contribution in [2.24, 2.45) is 0 Å². The minimum Gasteiger partial charge on any atom is -0.480 e. The second kappa shape index (κ2) is 8.21. The lowest BCUT2D eigenvalue weighted by Gasteiger charge is -2.07. The first-order chi connectivity index (χ1) is 12.5. The maximum Gasteiger partial charge on any atom is 0.262 e. The molecule has 2 aromatic carbocycles. The van der Waals surface area contributed by atoms with Crippen LogP contribution in [0.5, 0.6) is 5.75 Å². The lowest BCUT2D eigenvalue weighted by Crippen LogP contribution is -2.20. The summed E-state index contributed by atoms with van der Waals surface area (Å²) in [5.74, 6) is -0.169. The summed E-state index contributed by atoms with van der Waals surface area (Å²) >= 11 is 11.7. The van der Waals surface area contributed by atoms with Crippen LogP contribution in [-0.4, -0.2) is 22.3 Å². The van der Waals surface area contributed by atoms with Crippen LogP contribution in [0.15, 0.2) is 54.9 Å². The fourth-order valence-corrected chi connectivity index (χ4v) is 2.50. The number of nitrogens with zero attached hydrogens (tertiary/aromatic N) is 2. The van der Waals surface area contributed by atoms with Gasteiger partial charge in [0.2, 0.25) is 0 Å². The predicted molar refractivity (Wildman–Crippen MR) is 98.3 cm³/mol. The second-order valence-electron chi connectivity index (χ2n) is 5.47. The third kappa shape index (κ3) is 4.97. The van der Waals surface area contributed by atoms with E-state index in [2.05, 4.69) is 10.4 Å². The first kappa shape index (κ1) is 18.2. The number of carbonyl (C=O) groups excluding carboxylic acids is 1. The molecule has 0 aliphatic rings. The van der Waals surface area contributed by atoms with E-state index in [0.29, 0.717) is 28.0 Å². The van der Waals surface area contributed by atoms with Gasteiger partial charge in [-0.25, -0.2) is 4.39 Å². The average molecular weight is 394 g/mol. The Bertz CT molecular complexity index is 913. The van der Waals surface area contributed by atoms with Crippen LogP contribution in [0, 0.1) is 5.82 Å². The lowest BCUT2D eigenvalue weighted by atomic mass is 10.2. The monoisotopic (exact) mass is 393 g/mol. The first-order valence-electron chi connectivity index (χ1n) is 7.64. The average Bonchev–Trinajstić information content (AvgIpc) is 3.06. The molecular formula is C18H14Cl2FN3O2. The Labute approximate surface area is 159 Å². The van der Waals surface area contributed by atoms with E-state index < -0.39 is 0 Å². The van der Waals surface area contributed by atoms with Crippen molar-refractivity contribution in [3.8, 4) is 5.75 Å². The molecule has 0 aliphatic heterocycles. The number of halogens is 3. The van der Waals surface area contributed by atoms with Crippen molar-refractivity contribution in [3.63, 3.8) is 0 Å². The van der Waals surface area contributed by atoms with Crippen LogP contribution in [0.4, 0.5) is 10.1 Å². The number of nitrogens with one attached hydrogen (secondary N) is 1. The van der Waals surface area contributed by atoms with Crippen LogP contribution in [0.25, 0.3) is 0 Å². The van der Waals surface area contributed by atoms with Gasteiger partial charge in [0.05, 0.1) is 29.0 Å². The molecule has 0 saturated carbocycles. The zero-order chi connectivity index (χ0) is 18.5. The van der Waals surface area contributed by atoms with Gasteiger partial charge in [0, 0.05) is 5.69 Å². The molecule has 1 heterocycles. The Morgan fingerprint density at radius 1 is 1.15 bits per heavy atom. The van der Waals surface area contributed by atoms with Crippen molar-refractivity contribution >= 4 is 34.8 Å². The second-order valence-corrected chi connectivity index (χ2v) is 6.28. The van der Waals surface area contributed by atoms with Crippen molar-refractivity contribution < 1.29 is 13.9 Å². The molecule has 134 valence electrons. The van der Waals surface area contributed by atoms with Crippen molar-refractivity contribution in [3.05, 3.63) is 76.3 Å². The van der Waals surface area contributed by atoms with Gasteiger partial charge in [-0.05, 0) is 35.9 Å². The van der Waals surface area contributed by atoms with E-state index in [0.717, 1.165) is 5.56 Å². The minimum atomic E-state index is -0.338. The highest BCUT2D eigenvalue weighted by molar-refractivity contribution is 6.42. The molecule has 0 bridgehead atoms. The molecule has 26 heavy (non-hydrogen) atoms. The number of anilines is 1. The van der Waals surface area contributed by atoms with E-state index in [9.17, 15) is 9.18 Å². The van der Waals surface area contributed by atoms with E-state index >= 15 is 0 Å². The molecular weight excluding hydrogens is 380 g/mol. The van der Waals surface area contributed by atoms with Gasteiger partial charge in [0.15, 0.2) is 12.4 Å². The summed E-state index contributed by atoms with van der Waals surface area (Å²) in [5, 5.41) is 7.58. The Morgan fingerprint density at radius 2 is 1.92 bits per heavy atom. The number of benzene rings is 2. The maximum absolute atomic E-state index is 12.9. The molecule has 1 amide bonds. The van der Waals surface area contributed by atoms with Crippen molar-refractivity contribution in [1.29, 1.82) is 0 Å². The van der Waals surface area contributed by atoms with Gasteiger partial charge in [-0.3, -0.25) is 9.48 Å². The summed E-state index contributed by atoms with van der Waals surface area (Å²) in [5.41, 5.74) is 1.43. The van der Waals surface area contributed by atoms with E-state index in [1.54, 1.807) is 41.2 Å².